The van der Waals surface area contributed by atoms with Gasteiger partial charge in [-0.1, -0.05) is 133 Å². The van der Waals surface area contributed by atoms with E-state index in [9.17, 15) is 0 Å². The van der Waals surface area contributed by atoms with Crippen molar-refractivity contribution in [1.29, 1.82) is 0 Å². The lowest BCUT2D eigenvalue weighted by Crippen LogP contribution is -2.07. The standard InChI is InChI=1S/C54H38N2S2/c1-5-13-47(14-6-1)55(48-15-7-2-8-16-48)53-33-31-51(57-53)45-29-27-41-35-39(23-25-43(41)37-45)21-22-40-24-26-44-38-46(30-28-42(44)36-40)52-32-34-54(58-52)56(49-17-9-3-10-18-49)50-19-11-4-12-20-50/h1-38H/b22-21+. The molecule has 0 amide bonds. The summed E-state index contributed by atoms with van der Waals surface area (Å²) >= 11 is 3.63. The zero-order valence-corrected chi connectivity index (χ0v) is 33.3. The molecule has 0 unspecified atom stereocenters. The highest BCUT2D eigenvalue weighted by molar-refractivity contribution is 7.20. The van der Waals surface area contributed by atoms with E-state index in [0.29, 0.717) is 0 Å². The van der Waals surface area contributed by atoms with Crippen molar-refractivity contribution in [3.8, 4) is 20.9 Å². The number of hydrogen-bond acceptors (Lipinski definition) is 4. The fraction of sp³-hybridized carbons (Fsp3) is 0. The first kappa shape index (κ1) is 35.4. The molecular weight excluding hydrogens is 741 g/mol. The molecule has 2 aromatic heterocycles. The molecule has 0 saturated carbocycles. The van der Waals surface area contributed by atoms with Crippen LogP contribution in [-0.2, 0) is 0 Å². The van der Waals surface area contributed by atoms with E-state index in [2.05, 4.69) is 240 Å². The molecule has 58 heavy (non-hydrogen) atoms. The smallest absolute Gasteiger partial charge is 0.101 e. The molecule has 0 saturated heterocycles. The highest BCUT2D eigenvalue weighted by atomic mass is 32.1. The van der Waals surface area contributed by atoms with Gasteiger partial charge in [0.1, 0.15) is 10.0 Å². The quantitative estimate of drug-likeness (QED) is 0.128. The average molecular weight is 779 g/mol. The van der Waals surface area contributed by atoms with Crippen LogP contribution in [0, 0.1) is 0 Å². The van der Waals surface area contributed by atoms with E-state index < -0.39 is 0 Å². The number of anilines is 6. The third kappa shape index (κ3) is 7.35. The van der Waals surface area contributed by atoms with E-state index >= 15 is 0 Å². The predicted molar refractivity (Wildman–Crippen MR) is 253 cm³/mol. The van der Waals surface area contributed by atoms with E-state index in [0.717, 1.165) is 22.7 Å². The predicted octanol–water partition coefficient (Wildman–Crippen LogP) is 16.6. The number of hydrogen-bond donors (Lipinski definition) is 0. The molecule has 4 heteroatoms. The molecule has 0 atom stereocenters. The maximum Gasteiger partial charge on any atom is 0.101 e. The molecule has 10 aromatic rings. The minimum absolute atomic E-state index is 1.15. The Morgan fingerprint density at radius 1 is 0.293 bits per heavy atom. The molecule has 0 N–H and O–H groups in total. The largest absolute Gasteiger partial charge is 0.302 e. The Balaban J connectivity index is 0.859. The summed E-state index contributed by atoms with van der Waals surface area (Å²) in [6, 6.07) is 78.4. The second-order valence-electron chi connectivity index (χ2n) is 14.3. The Morgan fingerprint density at radius 3 is 0.983 bits per heavy atom. The molecule has 0 radical (unpaired) electrons. The van der Waals surface area contributed by atoms with Gasteiger partial charge >= 0.3 is 0 Å². The number of fused-ring (bicyclic) bond motifs is 2. The fourth-order valence-corrected chi connectivity index (χ4v) is 9.64. The van der Waals surface area contributed by atoms with Crippen LogP contribution in [0.2, 0.25) is 0 Å². The molecule has 0 fully saturated rings. The van der Waals surface area contributed by atoms with Crippen LogP contribution in [0.5, 0.6) is 0 Å². The highest BCUT2D eigenvalue weighted by Gasteiger charge is 2.17. The van der Waals surface area contributed by atoms with Crippen LogP contribution >= 0.6 is 22.7 Å². The minimum Gasteiger partial charge on any atom is -0.302 e. The second-order valence-corrected chi connectivity index (χ2v) is 16.4. The van der Waals surface area contributed by atoms with Crippen molar-refractivity contribution >= 4 is 89.1 Å². The maximum atomic E-state index is 2.33. The summed E-state index contributed by atoms with van der Waals surface area (Å²) in [5.41, 5.74) is 9.43. The molecule has 10 rings (SSSR count). The second kappa shape index (κ2) is 15.9. The molecule has 8 aromatic carbocycles. The molecular formula is C54H38N2S2. The summed E-state index contributed by atoms with van der Waals surface area (Å²) in [7, 11) is 0. The lowest BCUT2D eigenvalue weighted by molar-refractivity contribution is 1.32. The van der Waals surface area contributed by atoms with Gasteiger partial charge in [-0.2, -0.15) is 0 Å². The van der Waals surface area contributed by atoms with Gasteiger partial charge in [0.25, 0.3) is 0 Å². The zero-order chi connectivity index (χ0) is 38.7. The SMILES string of the molecule is C(=C\c1ccc2cc(-c3ccc(N(c4ccccc4)c4ccccc4)s3)ccc2c1)/c1ccc2cc(-c3ccc(N(c4ccccc4)c4ccccc4)s3)ccc2c1. The van der Waals surface area contributed by atoms with Gasteiger partial charge < -0.3 is 9.80 Å². The lowest BCUT2D eigenvalue weighted by atomic mass is 10.0. The van der Waals surface area contributed by atoms with Gasteiger partial charge in [0.2, 0.25) is 0 Å². The first-order chi connectivity index (χ1) is 28.7. The van der Waals surface area contributed by atoms with Crippen molar-refractivity contribution in [3.63, 3.8) is 0 Å². The normalized spacial score (nSPS) is 11.4. The number of benzene rings is 8. The van der Waals surface area contributed by atoms with Gasteiger partial charge in [-0.25, -0.2) is 0 Å². The first-order valence-corrected chi connectivity index (χ1v) is 21.1. The number of rotatable bonds is 10. The summed E-state index contributed by atoms with van der Waals surface area (Å²) in [6.45, 7) is 0. The van der Waals surface area contributed by atoms with E-state index in [1.807, 2.05) is 22.7 Å². The topological polar surface area (TPSA) is 6.48 Å². The van der Waals surface area contributed by atoms with Crippen molar-refractivity contribution in [3.05, 3.63) is 230 Å². The summed E-state index contributed by atoms with van der Waals surface area (Å²) < 4.78 is 0. The lowest BCUT2D eigenvalue weighted by Gasteiger charge is -2.23. The third-order valence-corrected chi connectivity index (χ3v) is 12.7. The highest BCUT2D eigenvalue weighted by Crippen LogP contribution is 2.43. The van der Waals surface area contributed by atoms with Crippen LogP contribution in [0.25, 0.3) is 54.6 Å². The molecule has 2 nitrogen and oxygen atoms in total. The van der Waals surface area contributed by atoms with Gasteiger partial charge in [0.05, 0.1) is 0 Å². The number of thiophene rings is 2. The van der Waals surface area contributed by atoms with Crippen LogP contribution in [0.15, 0.2) is 218 Å². The summed E-state index contributed by atoms with van der Waals surface area (Å²) in [5.74, 6) is 0. The first-order valence-electron chi connectivity index (χ1n) is 19.5. The molecule has 0 aliphatic carbocycles. The Kier molecular flexibility index (Phi) is 9.70. The van der Waals surface area contributed by atoms with Crippen molar-refractivity contribution in [1.82, 2.24) is 0 Å². The van der Waals surface area contributed by atoms with Crippen LogP contribution in [-0.4, -0.2) is 0 Å². The van der Waals surface area contributed by atoms with Crippen molar-refractivity contribution in [2.45, 2.75) is 0 Å². The molecule has 0 spiro atoms. The van der Waals surface area contributed by atoms with E-state index in [1.165, 1.54) is 63.6 Å². The maximum absolute atomic E-state index is 2.33. The molecule has 2 heterocycles. The minimum atomic E-state index is 1.15. The van der Waals surface area contributed by atoms with Crippen LogP contribution in [0.1, 0.15) is 11.1 Å². The Morgan fingerprint density at radius 2 is 0.621 bits per heavy atom. The molecule has 0 bridgehead atoms. The number of nitrogens with zero attached hydrogens (tertiary/aromatic N) is 2. The van der Waals surface area contributed by atoms with Gasteiger partial charge in [-0.15, -0.1) is 22.7 Å². The molecule has 276 valence electrons. The van der Waals surface area contributed by atoms with Crippen LogP contribution < -0.4 is 9.80 Å². The number of para-hydroxylation sites is 4. The fourth-order valence-electron chi connectivity index (χ4n) is 7.56. The van der Waals surface area contributed by atoms with Crippen LogP contribution in [0.3, 0.4) is 0 Å². The van der Waals surface area contributed by atoms with Gasteiger partial charge in [0.15, 0.2) is 0 Å². The van der Waals surface area contributed by atoms with Crippen molar-refractivity contribution in [2.75, 3.05) is 9.80 Å². The van der Waals surface area contributed by atoms with E-state index in [-0.39, 0.29) is 0 Å². The van der Waals surface area contributed by atoms with E-state index in [1.54, 1.807) is 0 Å². The summed E-state index contributed by atoms with van der Waals surface area (Å²) in [4.78, 5) is 7.15. The Labute approximate surface area is 347 Å². The Bertz CT molecular complexity index is 2720. The third-order valence-electron chi connectivity index (χ3n) is 10.4. The van der Waals surface area contributed by atoms with Crippen LogP contribution in [0.4, 0.5) is 32.8 Å². The van der Waals surface area contributed by atoms with Gasteiger partial charge in [-0.3, -0.25) is 0 Å². The average Bonchev–Trinajstić information content (AvgIpc) is 3.98. The zero-order valence-electron chi connectivity index (χ0n) is 31.7. The van der Waals surface area contributed by atoms with E-state index in [4.69, 9.17) is 0 Å². The van der Waals surface area contributed by atoms with Crippen molar-refractivity contribution < 1.29 is 0 Å². The van der Waals surface area contributed by atoms with Gasteiger partial charge in [0, 0.05) is 32.5 Å². The van der Waals surface area contributed by atoms with Crippen molar-refractivity contribution in [2.24, 2.45) is 0 Å². The van der Waals surface area contributed by atoms with Gasteiger partial charge in [-0.05, 0) is 141 Å². The molecule has 0 aliphatic rings. The Hall–Kier alpha value is -6.98. The summed E-state index contributed by atoms with van der Waals surface area (Å²) in [6.07, 6.45) is 4.43. The molecule has 0 aliphatic heterocycles. The monoisotopic (exact) mass is 778 g/mol. The summed E-state index contributed by atoms with van der Waals surface area (Å²) in [5, 5.41) is 7.31.